The zero-order valence-electron chi connectivity index (χ0n) is 19.2. The third-order valence-corrected chi connectivity index (χ3v) is 8.11. The highest BCUT2D eigenvalue weighted by molar-refractivity contribution is 6.76. The second-order valence-electron chi connectivity index (χ2n) is 10.2. The number of halogens is 1. The van der Waals surface area contributed by atoms with E-state index in [2.05, 4.69) is 46.0 Å². The molecule has 0 bridgehead atoms. The molecule has 2 saturated heterocycles. The van der Waals surface area contributed by atoms with Gasteiger partial charge in [-0.3, -0.25) is 0 Å². The van der Waals surface area contributed by atoms with Crippen molar-refractivity contribution in [2.24, 2.45) is 0 Å². The molecule has 172 valence electrons. The molecule has 2 fully saturated rings. The number of pyridine rings is 1. The quantitative estimate of drug-likeness (QED) is 0.458. The third kappa shape index (κ3) is 5.66. The molecule has 4 rings (SSSR count). The second-order valence-corrected chi connectivity index (χ2v) is 15.8. The van der Waals surface area contributed by atoms with Gasteiger partial charge in [-0.15, -0.1) is 0 Å². The van der Waals surface area contributed by atoms with Gasteiger partial charge in [0.05, 0.1) is 11.9 Å². The van der Waals surface area contributed by atoms with E-state index in [1.807, 2.05) is 0 Å². The van der Waals surface area contributed by atoms with Gasteiger partial charge in [0.2, 0.25) is 0 Å². The molecular weight excluding hydrogens is 411 g/mol. The van der Waals surface area contributed by atoms with Crippen LogP contribution in [-0.4, -0.2) is 56.6 Å². The molecule has 2 aromatic heterocycles. The normalized spacial score (nSPS) is 21.0. The van der Waals surface area contributed by atoms with Crippen molar-refractivity contribution in [1.29, 1.82) is 0 Å². The summed E-state index contributed by atoms with van der Waals surface area (Å²) in [6.45, 7) is 11.7. The Bertz CT molecular complexity index is 871. The fourth-order valence-electron chi connectivity index (χ4n) is 4.54. The van der Waals surface area contributed by atoms with Gasteiger partial charge in [-0.2, -0.15) is 0 Å². The lowest BCUT2D eigenvalue weighted by Gasteiger charge is -2.26. The SMILES string of the molecule is C[Si](C)(C)CCOCn1cc(C2CCOCC2)c2c(N[C@@H]3CCCNC3)c(F)cnc21. The van der Waals surface area contributed by atoms with E-state index in [-0.39, 0.29) is 11.9 Å². The Labute approximate surface area is 185 Å². The van der Waals surface area contributed by atoms with Crippen LogP contribution in [0.5, 0.6) is 0 Å². The van der Waals surface area contributed by atoms with Gasteiger partial charge >= 0.3 is 0 Å². The van der Waals surface area contributed by atoms with Crippen LogP contribution >= 0.6 is 0 Å². The molecule has 0 spiro atoms. The predicted octanol–water partition coefficient (Wildman–Crippen LogP) is 4.55. The average Bonchev–Trinajstić information content (AvgIpc) is 3.13. The number of hydrogen-bond donors (Lipinski definition) is 2. The van der Waals surface area contributed by atoms with Gasteiger partial charge in [-0.25, -0.2) is 9.37 Å². The summed E-state index contributed by atoms with van der Waals surface area (Å²) in [6.07, 6.45) is 7.56. The maximum atomic E-state index is 15.1. The van der Waals surface area contributed by atoms with Gasteiger partial charge in [-0.1, -0.05) is 19.6 Å². The lowest BCUT2D eigenvalue weighted by atomic mass is 9.91. The lowest BCUT2D eigenvalue weighted by Crippen LogP contribution is -2.38. The van der Waals surface area contributed by atoms with Crippen LogP contribution in [-0.2, 0) is 16.2 Å². The van der Waals surface area contributed by atoms with Crippen LogP contribution in [0.2, 0.25) is 25.7 Å². The molecule has 2 aliphatic heterocycles. The first-order valence-electron chi connectivity index (χ1n) is 11.7. The number of nitrogens with zero attached hydrogens (tertiary/aromatic N) is 2. The van der Waals surface area contributed by atoms with Crippen molar-refractivity contribution in [3.05, 3.63) is 23.8 Å². The molecule has 2 aromatic rings. The summed E-state index contributed by atoms with van der Waals surface area (Å²) in [7, 11) is -1.14. The van der Waals surface area contributed by atoms with E-state index in [0.29, 0.717) is 18.3 Å². The van der Waals surface area contributed by atoms with E-state index in [4.69, 9.17) is 9.47 Å². The van der Waals surface area contributed by atoms with Crippen molar-refractivity contribution in [3.8, 4) is 0 Å². The Morgan fingerprint density at radius 2 is 2.10 bits per heavy atom. The van der Waals surface area contributed by atoms with Crippen LogP contribution < -0.4 is 10.6 Å². The zero-order valence-corrected chi connectivity index (χ0v) is 20.2. The topological polar surface area (TPSA) is 60.3 Å². The number of aromatic nitrogens is 2. The van der Waals surface area contributed by atoms with Gasteiger partial charge in [0.25, 0.3) is 0 Å². The van der Waals surface area contributed by atoms with Crippen molar-refractivity contribution in [3.63, 3.8) is 0 Å². The Hall–Kier alpha value is -1.48. The van der Waals surface area contributed by atoms with Crippen LogP contribution in [0.25, 0.3) is 11.0 Å². The van der Waals surface area contributed by atoms with Crippen LogP contribution in [0, 0.1) is 5.82 Å². The summed E-state index contributed by atoms with van der Waals surface area (Å²) in [6, 6.07) is 1.36. The average molecular weight is 449 g/mol. The molecular formula is C23H37FN4O2Si. The molecule has 2 aliphatic rings. The number of rotatable bonds is 8. The number of ether oxygens (including phenoxy) is 2. The molecule has 0 radical (unpaired) electrons. The standard InChI is InChI=1S/C23H37FN4O2Si/c1-31(2,3)12-11-30-16-28-15-19(17-6-9-29-10-7-17)21-22(20(24)14-26-23(21)28)27-18-5-4-8-25-13-18/h14-15,17-18,25H,4-13,16H2,1-3H3,(H,26,27)/t18-/m1/s1. The molecule has 31 heavy (non-hydrogen) atoms. The number of hydrogen-bond acceptors (Lipinski definition) is 5. The number of nitrogens with one attached hydrogen (secondary N) is 2. The molecule has 1 atom stereocenters. The fraction of sp³-hybridized carbons (Fsp3) is 0.696. The number of piperidine rings is 1. The Morgan fingerprint density at radius 3 is 2.81 bits per heavy atom. The Kier molecular flexibility index (Phi) is 7.31. The summed E-state index contributed by atoms with van der Waals surface area (Å²) < 4.78 is 28.7. The highest BCUT2D eigenvalue weighted by atomic mass is 28.3. The van der Waals surface area contributed by atoms with Crippen LogP contribution in [0.4, 0.5) is 10.1 Å². The first-order valence-corrected chi connectivity index (χ1v) is 15.4. The minimum atomic E-state index is -1.14. The Morgan fingerprint density at radius 1 is 1.29 bits per heavy atom. The van der Waals surface area contributed by atoms with Crippen molar-refractivity contribution in [1.82, 2.24) is 14.9 Å². The van der Waals surface area contributed by atoms with Crippen molar-refractivity contribution in [2.45, 2.75) is 70.1 Å². The maximum Gasteiger partial charge on any atom is 0.165 e. The molecule has 0 unspecified atom stereocenters. The summed E-state index contributed by atoms with van der Waals surface area (Å²) >= 11 is 0. The number of anilines is 1. The predicted molar refractivity (Wildman–Crippen MR) is 126 cm³/mol. The summed E-state index contributed by atoms with van der Waals surface area (Å²) in [5.41, 5.74) is 2.58. The van der Waals surface area contributed by atoms with Crippen LogP contribution in [0.3, 0.4) is 0 Å². The van der Waals surface area contributed by atoms with E-state index < -0.39 is 8.07 Å². The first-order chi connectivity index (χ1) is 14.9. The lowest BCUT2D eigenvalue weighted by molar-refractivity contribution is 0.0840. The smallest absolute Gasteiger partial charge is 0.165 e. The fourth-order valence-corrected chi connectivity index (χ4v) is 5.30. The van der Waals surface area contributed by atoms with E-state index in [1.165, 1.54) is 11.8 Å². The summed E-state index contributed by atoms with van der Waals surface area (Å²) in [5.74, 6) is 0.0805. The molecule has 8 heteroatoms. The van der Waals surface area contributed by atoms with Gasteiger partial charge < -0.3 is 24.7 Å². The monoisotopic (exact) mass is 448 g/mol. The second kappa shape index (κ2) is 9.98. The molecule has 4 heterocycles. The summed E-state index contributed by atoms with van der Waals surface area (Å²) in [4.78, 5) is 4.51. The molecule has 0 aromatic carbocycles. The minimum Gasteiger partial charge on any atom is -0.381 e. The molecule has 2 N–H and O–H groups in total. The van der Waals surface area contributed by atoms with Crippen molar-refractivity contribution in [2.75, 3.05) is 38.2 Å². The molecule has 0 aliphatic carbocycles. The van der Waals surface area contributed by atoms with Crippen LogP contribution in [0.15, 0.2) is 12.4 Å². The van der Waals surface area contributed by atoms with Crippen molar-refractivity contribution < 1.29 is 13.9 Å². The minimum absolute atomic E-state index is 0.229. The largest absolute Gasteiger partial charge is 0.381 e. The first kappa shape index (κ1) is 22.7. The highest BCUT2D eigenvalue weighted by Crippen LogP contribution is 2.38. The van der Waals surface area contributed by atoms with Crippen LogP contribution in [0.1, 0.15) is 37.2 Å². The summed E-state index contributed by atoms with van der Waals surface area (Å²) in [5, 5.41) is 7.85. The van der Waals surface area contributed by atoms with Crippen molar-refractivity contribution >= 4 is 24.8 Å². The van der Waals surface area contributed by atoms with E-state index >= 15 is 4.39 Å². The maximum absolute atomic E-state index is 15.1. The van der Waals surface area contributed by atoms with Gasteiger partial charge in [-0.05, 0) is 49.8 Å². The van der Waals surface area contributed by atoms with Gasteiger partial charge in [0.1, 0.15) is 12.4 Å². The van der Waals surface area contributed by atoms with E-state index in [9.17, 15) is 0 Å². The Balaban J connectivity index is 1.65. The molecule has 0 amide bonds. The third-order valence-electron chi connectivity index (χ3n) is 6.40. The zero-order chi connectivity index (χ0) is 21.8. The molecule has 6 nitrogen and oxygen atoms in total. The van der Waals surface area contributed by atoms with Gasteiger partial charge in [0.15, 0.2) is 5.82 Å². The van der Waals surface area contributed by atoms with E-state index in [1.54, 1.807) is 0 Å². The van der Waals surface area contributed by atoms with E-state index in [0.717, 1.165) is 75.7 Å². The number of fused-ring (bicyclic) bond motifs is 1. The van der Waals surface area contributed by atoms with Gasteiger partial charge in [0, 0.05) is 52.1 Å². The highest BCUT2D eigenvalue weighted by Gasteiger charge is 2.26. The molecule has 0 saturated carbocycles.